The van der Waals surface area contributed by atoms with E-state index in [4.69, 9.17) is 0 Å². The van der Waals surface area contributed by atoms with Gasteiger partial charge in [0.2, 0.25) is 0 Å². The van der Waals surface area contributed by atoms with Gasteiger partial charge in [-0.1, -0.05) is 53.0 Å². The molecule has 7 unspecified atom stereocenters. The van der Waals surface area contributed by atoms with Crippen molar-refractivity contribution >= 4 is 5.78 Å². The van der Waals surface area contributed by atoms with Gasteiger partial charge in [-0.25, -0.2) is 0 Å². The standard InChI is InChI=1S/C24H38O/c1-5-6-9-17-11-12-19-21-20(13-15-23(17,19)3)24(4)14-8-7-10-18(24)16(2)22(21)25/h17-21H,2,5-15H2,1,3-4H3. The molecule has 1 nitrogen and oxygen atoms in total. The second-order valence-electron chi connectivity index (χ2n) is 10.4. The third-order valence-corrected chi connectivity index (χ3v) is 9.51. The average molecular weight is 343 g/mol. The van der Waals surface area contributed by atoms with E-state index >= 15 is 0 Å². The van der Waals surface area contributed by atoms with E-state index in [1.165, 1.54) is 70.6 Å². The molecule has 4 fully saturated rings. The summed E-state index contributed by atoms with van der Waals surface area (Å²) < 4.78 is 0. The van der Waals surface area contributed by atoms with Crippen molar-refractivity contribution in [2.45, 2.75) is 91.4 Å². The maximum atomic E-state index is 13.5. The first-order valence-corrected chi connectivity index (χ1v) is 11.2. The predicted octanol–water partition coefficient (Wildman–Crippen LogP) is 6.57. The van der Waals surface area contributed by atoms with Crippen molar-refractivity contribution in [2.75, 3.05) is 0 Å². The van der Waals surface area contributed by atoms with Crippen LogP contribution >= 0.6 is 0 Å². The maximum absolute atomic E-state index is 13.5. The Morgan fingerprint density at radius 3 is 2.52 bits per heavy atom. The van der Waals surface area contributed by atoms with Gasteiger partial charge in [0.25, 0.3) is 0 Å². The van der Waals surface area contributed by atoms with Crippen LogP contribution in [0.15, 0.2) is 12.2 Å². The lowest BCUT2D eigenvalue weighted by molar-refractivity contribution is -0.145. The van der Waals surface area contributed by atoms with E-state index in [0.717, 1.165) is 11.5 Å². The summed E-state index contributed by atoms with van der Waals surface area (Å²) in [4.78, 5) is 13.5. The lowest BCUT2D eigenvalue weighted by Crippen LogP contribution is -2.57. The molecule has 0 bridgehead atoms. The molecule has 4 rings (SSSR count). The quantitative estimate of drug-likeness (QED) is 0.530. The fourth-order valence-electron chi connectivity index (χ4n) is 8.04. The molecule has 0 saturated heterocycles. The van der Waals surface area contributed by atoms with E-state index in [-0.39, 0.29) is 0 Å². The smallest absolute Gasteiger partial charge is 0.162 e. The van der Waals surface area contributed by atoms with Crippen molar-refractivity contribution in [3.8, 4) is 0 Å². The van der Waals surface area contributed by atoms with Crippen molar-refractivity contribution in [3.63, 3.8) is 0 Å². The molecule has 0 spiro atoms. The first-order chi connectivity index (χ1) is 11.9. The first-order valence-electron chi connectivity index (χ1n) is 11.2. The number of unbranched alkanes of at least 4 members (excludes halogenated alkanes) is 1. The Balaban J connectivity index is 1.66. The van der Waals surface area contributed by atoms with E-state index in [0.29, 0.717) is 40.3 Å². The number of carbonyl (C=O) groups is 1. The Hall–Kier alpha value is -0.590. The summed E-state index contributed by atoms with van der Waals surface area (Å²) in [6, 6.07) is 0. The van der Waals surface area contributed by atoms with Crippen molar-refractivity contribution < 1.29 is 4.79 Å². The highest BCUT2D eigenvalue weighted by atomic mass is 16.1. The molecule has 0 aromatic rings. The summed E-state index contributed by atoms with van der Waals surface area (Å²) >= 11 is 0. The van der Waals surface area contributed by atoms with Gasteiger partial charge in [-0.3, -0.25) is 4.79 Å². The molecular formula is C24H38O. The molecule has 4 aliphatic carbocycles. The van der Waals surface area contributed by atoms with Crippen LogP contribution in [0.3, 0.4) is 0 Å². The number of hydrogen-bond acceptors (Lipinski definition) is 1. The molecule has 25 heavy (non-hydrogen) atoms. The number of rotatable bonds is 3. The van der Waals surface area contributed by atoms with Crippen molar-refractivity contribution in [1.82, 2.24) is 0 Å². The lowest BCUT2D eigenvalue weighted by atomic mass is 9.43. The van der Waals surface area contributed by atoms with Crippen LogP contribution in [0.25, 0.3) is 0 Å². The number of hydrogen-bond donors (Lipinski definition) is 0. The lowest BCUT2D eigenvalue weighted by Gasteiger charge is -2.60. The summed E-state index contributed by atoms with van der Waals surface area (Å²) in [5.41, 5.74) is 1.80. The Morgan fingerprint density at radius 1 is 1.00 bits per heavy atom. The fraction of sp³-hybridized carbons (Fsp3) is 0.875. The molecule has 0 heterocycles. The molecule has 7 atom stereocenters. The minimum atomic E-state index is 0.303. The SMILES string of the molecule is C=C1C(=O)C2C3CCC(CCCC)C3(C)CCC2C2(C)CCCCC12. The van der Waals surface area contributed by atoms with Gasteiger partial charge in [0, 0.05) is 5.92 Å². The Kier molecular flexibility index (Phi) is 4.44. The molecule has 0 aromatic carbocycles. The summed E-state index contributed by atoms with van der Waals surface area (Å²) in [7, 11) is 0. The highest BCUT2D eigenvalue weighted by molar-refractivity contribution is 5.99. The highest BCUT2D eigenvalue weighted by Gasteiger charge is 2.62. The molecule has 1 heteroatoms. The van der Waals surface area contributed by atoms with Gasteiger partial charge < -0.3 is 0 Å². The van der Waals surface area contributed by atoms with E-state index in [9.17, 15) is 4.79 Å². The largest absolute Gasteiger partial charge is 0.294 e. The molecule has 0 aromatic heterocycles. The van der Waals surface area contributed by atoms with Crippen molar-refractivity contribution in [2.24, 2.45) is 40.4 Å². The van der Waals surface area contributed by atoms with Crippen LogP contribution in [-0.2, 0) is 4.79 Å². The van der Waals surface area contributed by atoms with Gasteiger partial charge in [0.15, 0.2) is 5.78 Å². The van der Waals surface area contributed by atoms with E-state index in [2.05, 4.69) is 27.4 Å². The number of Topliss-reactive ketones (excluding diaryl/α,β-unsaturated/α-hetero) is 1. The van der Waals surface area contributed by atoms with Gasteiger partial charge in [-0.15, -0.1) is 0 Å². The van der Waals surface area contributed by atoms with Crippen LogP contribution in [0.1, 0.15) is 91.4 Å². The van der Waals surface area contributed by atoms with Crippen LogP contribution < -0.4 is 0 Å². The molecule has 4 aliphatic rings. The van der Waals surface area contributed by atoms with E-state index < -0.39 is 0 Å². The number of ketones is 1. The highest BCUT2D eigenvalue weighted by Crippen LogP contribution is 2.67. The van der Waals surface area contributed by atoms with Crippen LogP contribution in [0.4, 0.5) is 0 Å². The van der Waals surface area contributed by atoms with Crippen LogP contribution in [0, 0.1) is 40.4 Å². The van der Waals surface area contributed by atoms with Gasteiger partial charge >= 0.3 is 0 Å². The Bertz CT molecular complexity index is 562. The number of allylic oxidation sites excluding steroid dienone is 1. The topological polar surface area (TPSA) is 17.1 Å². The van der Waals surface area contributed by atoms with Crippen molar-refractivity contribution in [3.05, 3.63) is 12.2 Å². The van der Waals surface area contributed by atoms with Crippen LogP contribution in [0.5, 0.6) is 0 Å². The Labute approximate surface area is 155 Å². The molecule has 0 aliphatic heterocycles. The second kappa shape index (κ2) is 6.24. The zero-order valence-corrected chi connectivity index (χ0v) is 16.8. The normalized spacial score (nSPS) is 49.5. The third kappa shape index (κ3) is 2.43. The van der Waals surface area contributed by atoms with E-state index in [1.54, 1.807) is 0 Å². The average Bonchev–Trinajstić information content (AvgIpc) is 2.93. The molecular weight excluding hydrogens is 304 g/mol. The summed E-state index contributed by atoms with van der Waals surface area (Å²) in [6.45, 7) is 11.8. The zero-order chi connectivity index (χ0) is 17.8. The summed E-state index contributed by atoms with van der Waals surface area (Å²) in [5, 5.41) is 0. The summed E-state index contributed by atoms with van der Waals surface area (Å²) in [6.07, 6.45) is 14.6. The van der Waals surface area contributed by atoms with Gasteiger partial charge in [-0.2, -0.15) is 0 Å². The second-order valence-corrected chi connectivity index (χ2v) is 10.4. The number of fused-ring (bicyclic) bond motifs is 5. The minimum absolute atomic E-state index is 0.303. The third-order valence-electron chi connectivity index (χ3n) is 9.51. The van der Waals surface area contributed by atoms with Crippen molar-refractivity contribution in [1.29, 1.82) is 0 Å². The molecule has 0 N–H and O–H groups in total. The van der Waals surface area contributed by atoms with Crippen LogP contribution in [-0.4, -0.2) is 5.78 Å². The van der Waals surface area contributed by atoms with Gasteiger partial charge in [0.1, 0.15) is 0 Å². The zero-order valence-electron chi connectivity index (χ0n) is 16.8. The maximum Gasteiger partial charge on any atom is 0.162 e. The molecule has 0 amide bonds. The Morgan fingerprint density at radius 2 is 1.76 bits per heavy atom. The van der Waals surface area contributed by atoms with Crippen LogP contribution in [0.2, 0.25) is 0 Å². The van der Waals surface area contributed by atoms with Gasteiger partial charge in [-0.05, 0) is 85.0 Å². The minimum Gasteiger partial charge on any atom is -0.294 e. The first kappa shape index (κ1) is 17.8. The summed E-state index contributed by atoms with van der Waals surface area (Å²) in [5.74, 6) is 3.41. The predicted molar refractivity (Wildman–Crippen MR) is 104 cm³/mol. The molecule has 140 valence electrons. The van der Waals surface area contributed by atoms with E-state index in [1.807, 2.05) is 0 Å². The number of carbonyl (C=O) groups excluding carboxylic acids is 1. The van der Waals surface area contributed by atoms with Gasteiger partial charge in [0.05, 0.1) is 0 Å². The fourth-order valence-corrected chi connectivity index (χ4v) is 8.04. The molecule has 4 saturated carbocycles. The monoisotopic (exact) mass is 342 g/mol. The molecule has 0 radical (unpaired) electrons.